The van der Waals surface area contributed by atoms with E-state index in [0.29, 0.717) is 19.4 Å². The van der Waals surface area contributed by atoms with Crippen molar-refractivity contribution >= 4 is 17.8 Å². The number of carbonyl (C=O) groups excluding carboxylic acids is 2. The lowest BCUT2D eigenvalue weighted by molar-refractivity contribution is -0.166. The molecule has 2 fully saturated rings. The molecule has 22 heavy (non-hydrogen) atoms. The molecule has 0 aromatic carbocycles. The van der Waals surface area contributed by atoms with E-state index in [1.165, 1.54) is 0 Å². The highest BCUT2D eigenvalue weighted by molar-refractivity contribution is 5.88. The fraction of sp³-hybridized carbons (Fsp3) is 0.800. The van der Waals surface area contributed by atoms with Crippen LogP contribution in [0.4, 0.5) is 0 Å². The number of carboxylic acid groups (broad SMARTS) is 1. The Morgan fingerprint density at radius 1 is 1.14 bits per heavy atom. The van der Waals surface area contributed by atoms with Gasteiger partial charge in [-0.25, -0.2) is 4.79 Å². The van der Waals surface area contributed by atoms with Crippen molar-refractivity contribution in [1.82, 2.24) is 9.80 Å². The van der Waals surface area contributed by atoms with E-state index < -0.39 is 17.6 Å². The number of aliphatic carboxylic acids is 1. The Labute approximate surface area is 129 Å². The minimum absolute atomic E-state index is 0.0166. The van der Waals surface area contributed by atoms with Gasteiger partial charge < -0.3 is 20.0 Å². The van der Waals surface area contributed by atoms with Crippen LogP contribution in [-0.4, -0.2) is 69.1 Å². The summed E-state index contributed by atoms with van der Waals surface area (Å²) in [5, 5.41) is 18.9. The van der Waals surface area contributed by atoms with Crippen molar-refractivity contribution in [2.45, 2.75) is 57.1 Å². The average Bonchev–Trinajstić information content (AvgIpc) is 2.54. The highest BCUT2D eigenvalue weighted by Crippen LogP contribution is 2.26. The van der Waals surface area contributed by atoms with Crippen LogP contribution in [-0.2, 0) is 14.4 Å². The molecule has 2 N–H and O–H groups in total. The molecule has 2 rings (SSSR count). The maximum atomic E-state index is 12.7. The fourth-order valence-corrected chi connectivity index (χ4v) is 3.21. The predicted octanol–water partition coefficient (Wildman–Crippen LogP) is 0.216. The lowest BCUT2D eigenvalue weighted by atomic mass is 9.90. The number of rotatable bonds is 3. The van der Waals surface area contributed by atoms with Gasteiger partial charge in [0.25, 0.3) is 0 Å². The van der Waals surface area contributed by atoms with E-state index >= 15 is 0 Å². The van der Waals surface area contributed by atoms with E-state index in [-0.39, 0.29) is 37.7 Å². The molecule has 124 valence electrons. The van der Waals surface area contributed by atoms with Gasteiger partial charge >= 0.3 is 5.97 Å². The summed E-state index contributed by atoms with van der Waals surface area (Å²) in [7, 11) is 0. The second-order valence-electron chi connectivity index (χ2n) is 6.11. The second-order valence-corrected chi connectivity index (χ2v) is 6.11. The topological polar surface area (TPSA) is 98.2 Å². The molecule has 0 saturated carbocycles. The summed E-state index contributed by atoms with van der Waals surface area (Å²) in [4.78, 5) is 38.9. The highest BCUT2D eigenvalue weighted by atomic mass is 16.4. The summed E-state index contributed by atoms with van der Waals surface area (Å²) >= 11 is 0. The Kier molecular flexibility index (Phi) is 5.05. The number of carbonyl (C=O) groups is 3. The number of hydrogen-bond donors (Lipinski definition) is 2. The molecule has 7 heteroatoms. The molecule has 0 radical (unpaired) electrons. The predicted molar refractivity (Wildman–Crippen MR) is 78.0 cm³/mol. The highest BCUT2D eigenvalue weighted by Gasteiger charge is 2.42. The summed E-state index contributed by atoms with van der Waals surface area (Å²) in [5.41, 5.74) is -1.73. The molecule has 0 spiro atoms. The first-order valence-corrected chi connectivity index (χ1v) is 7.93. The third-order valence-corrected chi connectivity index (χ3v) is 4.71. The van der Waals surface area contributed by atoms with Crippen LogP contribution in [0.15, 0.2) is 0 Å². The zero-order valence-corrected chi connectivity index (χ0v) is 13.0. The molecular formula is C15H24N2O5. The Morgan fingerprint density at radius 3 is 2.32 bits per heavy atom. The van der Waals surface area contributed by atoms with E-state index in [9.17, 15) is 19.5 Å². The van der Waals surface area contributed by atoms with Crippen LogP contribution in [0.3, 0.4) is 0 Å². The molecule has 2 aliphatic rings. The van der Waals surface area contributed by atoms with Gasteiger partial charge in [0.15, 0.2) is 5.60 Å². The zero-order valence-electron chi connectivity index (χ0n) is 13.0. The second kappa shape index (κ2) is 6.64. The van der Waals surface area contributed by atoms with Gasteiger partial charge in [0.05, 0.1) is 0 Å². The van der Waals surface area contributed by atoms with E-state index in [0.717, 1.165) is 12.8 Å². The zero-order chi connectivity index (χ0) is 16.3. The molecule has 1 unspecified atom stereocenters. The van der Waals surface area contributed by atoms with Crippen LogP contribution in [0.25, 0.3) is 0 Å². The van der Waals surface area contributed by atoms with Crippen molar-refractivity contribution in [3.63, 3.8) is 0 Å². The SMILES string of the molecule is CCC(=O)N1CCCCC1C(=O)N1CCC(O)(C(=O)O)CC1. The van der Waals surface area contributed by atoms with Gasteiger partial charge in [-0.05, 0) is 19.3 Å². The molecule has 2 saturated heterocycles. The smallest absolute Gasteiger partial charge is 0.335 e. The van der Waals surface area contributed by atoms with Crippen LogP contribution in [0.1, 0.15) is 45.4 Å². The minimum Gasteiger partial charge on any atom is -0.479 e. The molecule has 1 atom stereocenters. The number of aliphatic hydroxyl groups is 1. The summed E-state index contributed by atoms with van der Waals surface area (Å²) in [5.74, 6) is -1.37. The van der Waals surface area contributed by atoms with Crippen molar-refractivity contribution in [2.75, 3.05) is 19.6 Å². The first kappa shape index (κ1) is 16.7. The van der Waals surface area contributed by atoms with Crippen LogP contribution < -0.4 is 0 Å². The number of nitrogens with zero attached hydrogens (tertiary/aromatic N) is 2. The third-order valence-electron chi connectivity index (χ3n) is 4.71. The fourth-order valence-electron chi connectivity index (χ4n) is 3.21. The van der Waals surface area contributed by atoms with E-state index in [2.05, 4.69) is 0 Å². The number of piperidine rings is 2. The standard InChI is InChI=1S/C15H24N2O5/c1-2-12(18)17-8-4-3-5-11(17)13(19)16-9-6-15(22,7-10-16)14(20)21/h11,22H,2-10H2,1H3,(H,20,21). The molecule has 2 amide bonds. The lowest BCUT2D eigenvalue weighted by Gasteiger charge is -2.41. The van der Waals surface area contributed by atoms with Gasteiger partial charge in [-0.3, -0.25) is 9.59 Å². The van der Waals surface area contributed by atoms with Crippen molar-refractivity contribution in [2.24, 2.45) is 0 Å². The van der Waals surface area contributed by atoms with E-state index in [4.69, 9.17) is 5.11 Å². The average molecular weight is 312 g/mol. The van der Waals surface area contributed by atoms with Gasteiger partial charge in [0.1, 0.15) is 6.04 Å². The van der Waals surface area contributed by atoms with Gasteiger partial charge in [-0.1, -0.05) is 6.92 Å². The van der Waals surface area contributed by atoms with E-state index in [1.54, 1.807) is 16.7 Å². The van der Waals surface area contributed by atoms with Gasteiger partial charge in [-0.2, -0.15) is 0 Å². The molecule has 0 aliphatic carbocycles. The minimum atomic E-state index is -1.73. The molecule has 0 aromatic rings. The number of hydrogen-bond acceptors (Lipinski definition) is 4. The summed E-state index contributed by atoms with van der Waals surface area (Å²) in [6.07, 6.45) is 2.92. The summed E-state index contributed by atoms with van der Waals surface area (Å²) in [6.45, 7) is 2.82. The molecular weight excluding hydrogens is 288 g/mol. The third kappa shape index (κ3) is 3.24. The maximum absolute atomic E-state index is 12.7. The van der Waals surface area contributed by atoms with Gasteiger partial charge in [0.2, 0.25) is 11.8 Å². The number of amides is 2. The Morgan fingerprint density at radius 2 is 1.77 bits per heavy atom. The maximum Gasteiger partial charge on any atom is 0.335 e. The van der Waals surface area contributed by atoms with Crippen LogP contribution >= 0.6 is 0 Å². The van der Waals surface area contributed by atoms with Crippen LogP contribution in [0.2, 0.25) is 0 Å². The van der Waals surface area contributed by atoms with Crippen molar-refractivity contribution < 1.29 is 24.6 Å². The van der Waals surface area contributed by atoms with Gasteiger partial charge in [0, 0.05) is 38.9 Å². The lowest BCUT2D eigenvalue weighted by Crippen LogP contribution is -2.57. The Balaban J connectivity index is 2.02. The number of carboxylic acids is 1. The van der Waals surface area contributed by atoms with Crippen LogP contribution in [0, 0.1) is 0 Å². The monoisotopic (exact) mass is 312 g/mol. The molecule has 7 nitrogen and oxygen atoms in total. The Hall–Kier alpha value is -1.63. The molecule has 0 aromatic heterocycles. The molecule has 2 heterocycles. The van der Waals surface area contributed by atoms with Gasteiger partial charge in [-0.15, -0.1) is 0 Å². The first-order valence-electron chi connectivity index (χ1n) is 7.93. The largest absolute Gasteiger partial charge is 0.479 e. The molecule has 0 bridgehead atoms. The van der Waals surface area contributed by atoms with E-state index in [1.807, 2.05) is 0 Å². The molecule has 2 aliphatic heterocycles. The number of likely N-dealkylation sites (tertiary alicyclic amines) is 2. The Bertz CT molecular complexity index is 457. The quantitative estimate of drug-likeness (QED) is 0.776. The summed E-state index contributed by atoms with van der Waals surface area (Å²) in [6, 6.07) is -0.433. The van der Waals surface area contributed by atoms with Crippen molar-refractivity contribution in [1.29, 1.82) is 0 Å². The van der Waals surface area contributed by atoms with Crippen molar-refractivity contribution in [3.8, 4) is 0 Å². The normalized spacial score (nSPS) is 24.9. The first-order chi connectivity index (χ1) is 10.4. The van der Waals surface area contributed by atoms with Crippen molar-refractivity contribution in [3.05, 3.63) is 0 Å². The van der Waals surface area contributed by atoms with Crippen LogP contribution in [0.5, 0.6) is 0 Å². The summed E-state index contributed by atoms with van der Waals surface area (Å²) < 4.78 is 0.